The molecule has 0 radical (unpaired) electrons. The molecule has 1 aromatic heterocycles. The summed E-state index contributed by atoms with van der Waals surface area (Å²) in [4.78, 5) is 20.8. The van der Waals surface area contributed by atoms with Crippen LogP contribution in [0.4, 0.5) is 13.6 Å². The fraction of sp³-hybridized carbons (Fsp3) is 0.214. The third-order valence-corrected chi connectivity index (χ3v) is 7.03. The van der Waals surface area contributed by atoms with Crippen molar-refractivity contribution in [3.63, 3.8) is 0 Å². The third-order valence-electron chi connectivity index (χ3n) is 7.03. The quantitative estimate of drug-likeness (QED) is 0.378. The van der Waals surface area contributed by atoms with Crippen LogP contribution in [0.3, 0.4) is 0 Å². The number of imidazole rings is 1. The molecule has 2 atom stereocenters. The van der Waals surface area contributed by atoms with Crippen LogP contribution in [0.1, 0.15) is 28.3 Å². The number of likely N-dealkylation sites (N-methyl/N-ethyl adjacent to an activating group) is 1. The molecule has 4 aromatic rings. The number of hydrogen-bond donors (Lipinski definition) is 3. The fourth-order valence-electron chi connectivity index (χ4n) is 5.39. The average Bonchev–Trinajstić information content (AvgIpc) is 3.33. The molecule has 2 aliphatic heterocycles. The van der Waals surface area contributed by atoms with E-state index in [0.29, 0.717) is 35.5 Å². The summed E-state index contributed by atoms with van der Waals surface area (Å²) in [6.45, 7) is 1.17. The predicted molar refractivity (Wildman–Crippen MR) is 138 cm³/mol. The second kappa shape index (κ2) is 9.23. The van der Waals surface area contributed by atoms with Crippen LogP contribution < -0.4 is 16.1 Å². The number of fused-ring (bicyclic) bond motifs is 3. The van der Waals surface area contributed by atoms with E-state index in [1.54, 1.807) is 16.7 Å². The Labute approximate surface area is 216 Å². The van der Waals surface area contributed by atoms with Crippen molar-refractivity contribution in [1.29, 1.82) is 0 Å². The Morgan fingerprint density at radius 1 is 1.11 bits per heavy atom. The average molecular weight is 518 g/mol. The number of likely N-dealkylation sites (tertiary alicyclic amines) is 1. The topological polar surface area (TPSA) is 109 Å². The van der Waals surface area contributed by atoms with Gasteiger partial charge in [-0.15, -0.1) is 0 Å². The molecule has 2 amide bonds. The molecule has 3 heterocycles. The number of primary amides is 1. The molecule has 1 fully saturated rings. The van der Waals surface area contributed by atoms with Gasteiger partial charge < -0.3 is 30.0 Å². The van der Waals surface area contributed by atoms with Crippen LogP contribution in [0.2, 0.25) is 0 Å². The number of ether oxygens (including phenoxy) is 1. The highest BCUT2D eigenvalue weighted by atomic mass is 19.1. The van der Waals surface area contributed by atoms with Crippen LogP contribution in [0.5, 0.6) is 5.75 Å². The van der Waals surface area contributed by atoms with Crippen molar-refractivity contribution in [2.24, 2.45) is 10.7 Å². The molecule has 0 spiro atoms. The predicted octanol–water partition coefficient (Wildman–Crippen LogP) is 3.56. The van der Waals surface area contributed by atoms with Crippen molar-refractivity contribution >= 4 is 28.7 Å². The molecule has 1 saturated heterocycles. The Hall–Kier alpha value is -4.28. The third kappa shape index (κ3) is 4.27. The summed E-state index contributed by atoms with van der Waals surface area (Å²) >= 11 is 0. The first-order chi connectivity index (χ1) is 18.3. The van der Waals surface area contributed by atoms with Gasteiger partial charge in [0, 0.05) is 30.3 Å². The molecule has 6 rings (SSSR count). The number of urea groups is 1. The maximum atomic E-state index is 14.1. The van der Waals surface area contributed by atoms with Gasteiger partial charge in [-0.3, -0.25) is 0 Å². The van der Waals surface area contributed by atoms with Crippen molar-refractivity contribution in [2.45, 2.75) is 18.8 Å². The molecule has 0 saturated carbocycles. The summed E-state index contributed by atoms with van der Waals surface area (Å²) in [7, 11) is 1.91. The highest BCUT2D eigenvalue weighted by Gasteiger charge is 2.32. The lowest BCUT2D eigenvalue weighted by Gasteiger charge is -2.16. The minimum Gasteiger partial charge on any atom is -0.488 e. The number of halogens is 2. The van der Waals surface area contributed by atoms with E-state index in [1.807, 2.05) is 36.2 Å². The summed E-state index contributed by atoms with van der Waals surface area (Å²) in [5.74, 6) is -0.441. The summed E-state index contributed by atoms with van der Waals surface area (Å²) in [5, 5.41) is 10.7. The van der Waals surface area contributed by atoms with Gasteiger partial charge in [0.05, 0.1) is 23.2 Å². The number of carbonyl (C=O) groups excluding carboxylic acids is 1. The molecule has 4 N–H and O–H groups in total. The minimum atomic E-state index is -0.848. The molecule has 38 heavy (non-hydrogen) atoms. The maximum Gasteiger partial charge on any atom is 0.341 e. The van der Waals surface area contributed by atoms with Crippen molar-refractivity contribution in [3.05, 3.63) is 94.1 Å². The number of rotatable bonds is 2. The number of nitrogens with two attached hydrogens (primary N) is 1. The van der Waals surface area contributed by atoms with Gasteiger partial charge in [0.1, 0.15) is 24.0 Å². The summed E-state index contributed by atoms with van der Waals surface area (Å²) in [6.07, 6.45) is 1.28. The van der Waals surface area contributed by atoms with E-state index in [4.69, 9.17) is 10.5 Å². The number of nitrogens with zero attached hydrogens (tertiary/aromatic N) is 3. The minimum absolute atomic E-state index is 0.104. The largest absolute Gasteiger partial charge is 0.488 e. The first-order valence-electron chi connectivity index (χ1n) is 12.1. The van der Waals surface area contributed by atoms with Crippen molar-refractivity contribution in [2.75, 3.05) is 20.1 Å². The van der Waals surface area contributed by atoms with E-state index < -0.39 is 18.0 Å². The Morgan fingerprint density at radius 3 is 2.61 bits per heavy atom. The number of β-amino-alcohol motifs (C(OH)–C–C–N with tert-alkyl or cyclic N) is 1. The number of amides is 2. The molecule has 0 aliphatic carbocycles. The molecular weight excluding hydrogens is 492 g/mol. The second-order valence-electron chi connectivity index (χ2n) is 9.69. The number of carbonyl (C=O) groups is 1. The molecule has 2 aliphatic rings. The van der Waals surface area contributed by atoms with Crippen molar-refractivity contribution in [3.8, 4) is 5.75 Å². The van der Waals surface area contributed by atoms with Gasteiger partial charge in [0.25, 0.3) is 0 Å². The molecule has 3 aromatic carbocycles. The Balaban J connectivity index is 1.53. The lowest BCUT2D eigenvalue weighted by molar-refractivity contribution is 0.146. The lowest BCUT2D eigenvalue weighted by atomic mass is 9.92. The van der Waals surface area contributed by atoms with Gasteiger partial charge in [-0.05, 0) is 66.2 Å². The molecule has 0 unspecified atom stereocenters. The van der Waals surface area contributed by atoms with E-state index in [-0.39, 0.29) is 24.1 Å². The van der Waals surface area contributed by atoms with Gasteiger partial charge in [-0.2, -0.15) is 4.99 Å². The van der Waals surface area contributed by atoms with Crippen LogP contribution in [-0.4, -0.2) is 51.8 Å². The zero-order valence-corrected chi connectivity index (χ0v) is 20.5. The second-order valence-corrected chi connectivity index (χ2v) is 9.69. The van der Waals surface area contributed by atoms with E-state index in [0.717, 1.165) is 22.2 Å². The molecule has 0 bridgehead atoms. The number of benzene rings is 3. The number of hydrogen-bond acceptors (Lipinski definition) is 4. The van der Waals surface area contributed by atoms with Crippen LogP contribution in [-0.2, 0) is 6.61 Å². The fourth-order valence-corrected chi connectivity index (χ4v) is 5.39. The zero-order chi connectivity index (χ0) is 26.6. The van der Waals surface area contributed by atoms with E-state index in [9.17, 15) is 18.7 Å². The standard InChI is InChI=1S/C28H25F2N5O3/c1-34-12-24(25(36)13-34)35-23-7-2-15(9-22(23)32-28(35)33-27(31)37)8-21-19-5-3-17(29)10-16(19)14-38-26-11-18(30)4-6-20(21)26/h2-11,24-25,36H,12-14H2,1H3,(H3,31,32,33,37)/t24-,25-/m0/s1. The van der Waals surface area contributed by atoms with Crippen LogP contribution in [0.25, 0.3) is 22.7 Å². The number of H-pyrrole nitrogens is 1. The Morgan fingerprint density at radius 2 is 1.87 bits per heavy atom. The number of aliphatic hydroxyl groups excluding tert-OH is 1. The van der Waals surface area contributed by atoms with Gasteiger partial charge >= 0.3 is 6.03 Å². The monoisotopic (exact) mass is 517 g/mol. The summed E-state index contributed by atoms with van der Waals surface area (Å²) in [6, 6.07) is 13.3. The SMILES string of the molecule is CN1C[C@H](O)[C@@H](n2c(=NC(N)=O)[nH]c3cc(C=C4c5ccc(F)cc5COc5cc(F)ccc54)ccc32)C1. The van der Waals surface area contributed by atoms with Crippen molar-refractivity contribution < 1.29 is 23.4 Å². The summed E-state index contributed by atoms with van der Waals surface area (Å²) < 4.78 is 35.7. The number of nitrogens with one attached hydrogen (secondary N) is 1. The van der Waals surface area contributed by atoms with Crippen LogP contribution in [0.15, 0.2) is 59.6 Å². The number of aromatic nitrogens is 2. The molecular formula is C28H25F2N5O3. The van der Waals surface area contributed by atoms with E-state index in [1.165, 1.54) is 24.3 Å². The number of aromatic amines is 1. The van der Waals surface area contributed by atoms with Gasteiger partial charge in [0.15, 0.2) is 0 Å². The number of aliphatic hydroxyl groups is 1. The van der Waals surface area contributed by atoms with Crippen LogP contribution >= 0.6 is 0 Å². The lowest BCUT2D eigenvalue weighted by Crippen LogP contribution is -2.32. The van der Waals surface area contributed by atoms with E-state index >= 15 is 0 Å². The van der Waals surface area contributed by atoms with E-state index in [2.05, 4.69) is 9.98 Å². The summed E-state index contributed by atoms with van der Waals surface area (Å²) in [5.41, 5.74) is 10.7. The highest BCUT2D eigenvalue weighted by molar-refractivity contribution is 5.96. The molecule has 10 heteroatoms. The normalized spacial score (nSPS) is 20.8. The first kappa shape index (κ1) is 24.1. The van der Waals surface area contributed by atoms with Gasteiger partial charge in [-0.1, -0.05) is 12.1 Å². The molecule has 194 valence electrons. The smallest absolute Gasteiger partial charge is 0.341 e. The van der Waals surface area contributed by atoms with Gasteiger partial charge in [-0.25, -0.2) is 13.6 Å². The highest BCUT2D eigenvalue weighted by Crippen LogP contribution is 2.39. The Kier molecular flexibility index (Phi) is 5.85. The van der Waals surface area contributed by atoms with Crippen molar-refractivity contribution in [1.82, 2.24) is 14.5 Å². The maximum absolute atomic E-state index is 14.1. The zero-order valence-electron chi connectivity index (χ0n) is 20.5. The first-order valence-corrected chi connectivity index (χ1v) is 12.1. The van der Waals surface area contributed by atoms with Gasteiger partial charge in [0.2, 0.25) is 5.62 Å². The van der Waals surface area contributed by atoms with Crippen LogP contribution in [0, 0.1) is 11.6 Å². The Bertz CT molecular complexity index is 1630. The molecule has 8 nitrogen and oxygen atoms in total.